The molecule has 1 aliphatic carbocycles. The minimum Gasteiger partial charge on any atom is -0.494 e. The van der Waals surface area contributed by atoms with Gasteiger partial charge in [0.25, 0.3) is 0 Å². The van der Waals surface area contributed by atoms with Crippen LogP contribution >= 0.6 is 0 Å². The van der Waals surface area contributed by atoms with Crippen LogP contribution in [0, 0.1) is 5.92 Å². The number of carbonyl (C=O) groups excluding carboxylic acids is 1. The van der Waals surface area contributed by atoms with Crippen LogP contribution in [0.5, 0.6) is 5.75 Å². The summed E-state index contributed by atoms with van der Waals surface area (Å²) < 4.78 is 5.69. The summed E-state index contributed by atoms with van der Waals surface area (Å²) in [5, 5.41) is 0. The van der Waals surface area contributed by atoms with Gasteiger partial charge in [0.2, 0.25) is 0 Å². The van der Waals surface area contributed by atoms with E-state index in [9.17, 15) is 4.79 Å². The molecule has 1 saturated carbocycles. The second-order valence-electron chi connectivity index (χ2n) is 5.80. The molecule has 0 N–H and O–H groups in total. The van der Waals surface area contributed by atoms with Crippen molar-refractivity contribution in [2.24, 2.45) is 5.92 Å². The molecule has 0 aromatic heterocycles. The normalized spacial score (nSPS) is 16.2. The molecule has 1 aromatic rings. The lowest BCUT2D eigenvalue weighted by Crippen LogP contribution is -2.30. The summed E-state index contributed by atoms with van der Waals surface area (Å²) in [6.45, 7) is 7.35. The highest BCUT2D eigenvalue weighted by Crippen LogP contribution is 2.35. The molecular weight excluding hydrogens is 250 g/mol. The maximum absolute atomic E-state index is 11.6. The van der Waals surface area contributed by atoms with E-state index in [4.69, 9.17) is 4.74 Å². The summed E-state index contributed by atoms with van der Waals surface area (Å²) in [7, 11) is 2.15. The first kappa shape index (κ1) is 15.0. The van der Waals surface area contributed by atoms with Gasteiger partial charge in [-0.1, -0.05) is 0 Å². The first-order valence-electron chi connectivity index (χ1n) is 7.49. The summed E-state index contributed by atoms with van der Waals surface area (Å²) >= 11 is 0. The molecule has 0 radical (unpaired) electrons. The van der Waals surface area contributed by atoms with Crippen molar-refractivity contribution in [2.75, 3.05) is 13.7 Å². The van der Waals surface area contributed by atoms with Crippen LogP contribution in [-0.4, -0.2) is 30.4 Å². The second-order valence-corrected chi connectivity index (χ2v) is 5.80. The molecule has 1 fully saturated rings. The number of ketones is 1. The van der Waals surface area contributed by atoms with Gasteiger partial charge in [-0.25, -0.2) is 0 Å². The molecule has 0 heterocycles. The van der Waals surface area contributed by atoms with Crippen LogP contribution in [0.4, 0.5) is 0 Å². The Hall–Kier alpha value is -1.35. The molecule has 20 heavy (non-hydrogen) atoms. The topological polar surface area (TPSA) is 29.5 Å². The van der Waals surface area contributed by atoms with Crippen LogP contribution in [0.3, 0.4) is 0 Å². The van der Waals surface area contributed by atoms with Crippen molar-refractivity contribution in [1.82, 2.24) is 4.90 Å². The predicted molar refractivity (Wildman–Crippen MR) is 81.3 cm³/mol. The largest absolute Gasteiger partial charge is 0.494 e. The molecule has 3 nitrogen and oxygen atoms in total. The van der Waals surface area contributed by atoms with Crippen LogP contribution in [0.15, 0.2) is 18.2 Å². The highest BCUT2D eigenvalue weighted by atomic mass is 16.5. The standard InChI is InChI=1S/C17H25NO2/c1-5-20-17-9-8-15(13(3)19)10-16(17)11-18(4)12(2)14-6-7-14/h8-10,12,14H,5-7,11H2,1-4H3. The zero-order valence-electron chi connectivity index (χ0n) is 13.0. The second kappa shape index (κ2) is 6.40. The van der Waals surface area contributed by atoms with E-state index in [0.717, 1.165) is 29.3 Å². The summed E-state index contributed by atoms with van der Waals surface area (Å²) in [6.07, 6.45) is 2.69. The molecule has 1 aromatic carbocycles. The van der Waals surface area contributed by atoms with Crippen molar-refractivity contribution < 1.29 is 9.53 Å². The Kier molecular flexibility index (Phi) is 4.81. The fourth-order valence-electron chi connectivity index (χ4n) is 2.57. The Morgan fingerprint density at radius 2 is 2.15 bits per heavy atom. The smallest absolute Gasteiger partial charge is 0.159 e. The average Bonchev–Trinajstić information content (AvgIpc) is 3.24. The number of benzene rings is 1. The molecule has 3 heteroatoms. The lowest BCUT2D eigenvalue weighted by molar-refractivity contribution is 0.101. The van der Waals surface area contributed by atoms with Gasteiger partial charge in [0, 0.05) is 23.7 Å². The Balaban J connectivity index is 2.17. The van der Waals surface area contributed by atoms with E-state index in [2.05, 4.69) is 18.9 Å². The monoisotopic (exact) mass is 275 g/mol. The van der Waals surface area contributed by atoms with Crippen LogP contribution < -0.4 is 4.74 Å². The Bertz CT molecular complexity index is 480. The molecule has 0 saturated heterocycles. The van der Waals surface area contributed by atoms with Gasteiger partial charge in [0.1, 0.15) is 5.75 Å². The lowest BCUT2D eigenvalue weighted by Gasteiger charge is -2.25. The van der Waals surface area contributed by atoms with Gasteiger partial charge in [-0.2, -0.15) is 0 Å². The zero-order valence-corrected chi connectivity index (χ0v) is 13.0. The van der Waals surface area contributed by atoms with Gasteiger partial charge in [0.05, 0.1) is 6.61 Å². The third kappa shape index (κ3) is 3.60. The Labute approximate surface area is 121 Å². The van der Waals surface area contributed by atoms with E-state index >= 15 is 0 Å². The highest BCUT2D eigenvalue weighted by Gasteiger charge is 2.30. The van der Waals surface area contributed by atoms with Gasteiger partial charge >= 0.3 is 0 Å². The third-order valence-electron chi connectivity index (χ3n) is 4.19. The fourth-order valence-corrected chi connectivity index (χ4v) is 2.57. The predicted octanol–water partition coefficient (Wildman–Crippen LogP) is 3.52. The highest BCUT2D eigenvalue weighted by molar-refractivity contribution is 5.94. The summed E-state index contributed by atoms with van der Waals surface area (Å²) in [6, 6.07) is 6.33. The van der Waals surface area contributed by atoms with Gasteiger partial charge in [-0.05, 0) is 64.8 Å². The number of Topliss-reactive ketones (excluding diaryl/α,β-unsaturated/α-hetero) is 1. The number of nitrogens with zero attached hydrogens (tertiary/aromatic N) is 1. The maximum atomic E-state index is 11.6. The molecule has 1 unspecified atom stereocenters. The minimum absolute atomic E-state index is 0.104. The van der Waals surface area contributed by atoms with E-state index in [0.29, 0.717) is 12.6 Å². The number of hydrogen-bond acceptors (Lipinski definition) is 3. The molecule has 0 aliphatic heterocycles. The van der Waals surface area contributed by atoms with Gasteiger partial charge in [-0.3, -0.25) is 9.69 Å². The van der Waals surface area contributed by atoms with Gasteiger partial charge in [0.15, 0.2) is 5.78 Å². The Morgan fingerprint density at radius 3 is 2.70 bits per heavy atom. The molecule has 1 aliphatic rings. The third-order valence-corrected chi connectivity index (χ3v) is 4.19. The summed E-state index contributed by atoms with van der Waals surface area (Å²) in [5.74, 6) is 1.84. The molecule has 0 amide bonds. The van der Waals surface area contributed by atoms with Gasteiger partial charge < -0.3 is 4.74 Å². The van der Waals surface area contributed by atoms with Crippen LogP contribution in [0.2, 0.25) is 0 Å². The first-order chi connectivity index (χ1) is 9.52. The number of hydrogen-bond donors (Lipinski definition) is 0. The van der Waals surface area contributed by atoms with Crippen molar-refractivity contribution in [3.63, 3.8) is 0 Å². The molecule has 0 bridgehead atoms. The first-order valence-corrected chi connectivity index (χ1v) is 7.49. The van der Waals surface area contributed by atoms with Crippen LogP contribution in [-0.2, 0) is 6.54 Å². The average molecular weight is 275 g/mol. The number of rotatable bonds is 7. The van der Waals surface area contributed by atoms with Crippen molar-refractivity contribution in [2.45, 2.75) is 46.2 Å². The van der Waals surface area contributed by atoms with E-state index in [1.165, 1.54) is 12.8 Å². The number of carbonyl (C=O) groups is 1. The molecular formula is C17H25NO2. The Morgan fingerprint density at radius 1 is 1.45 bits per heavy atom. The minimum atomic E-state index is 0.104. The van der Waals surface area contributed by atoms with Crippen molar-refractivity contribution >= 4 is 5.78 Å². The van der Waals surface area contributed by atoms with E-state index in [-0.39, 0.29) is 5.78 Å². The van der Waals surface area contributed by atoms with Crippen molar-refractivity contribution in [1.29, 1.82) is 0 Å². The van der Waals surface area contributed by atoms with E-state index in [1.54, 1.807) is 6.92 Å². The molecule has 2 rings (SSSR count). The zero-order chi connectivity index (χ0) is 14.7. The van der Waals surface area contributed by atoms with E-state index in [1.807, 2.05) is 25.1 Å². The summed E-state index contributed by atoms with van der Waals surface area (Å²) in [4.78, 5) is 13.9. The maximum Gasteiger partial charge on any atom is 0.159 e. The van der Waals surface area contributed by atoms with Crippen molar-refractivity contribution in [3.05, 3.63) is 29.3 Å². The van der Waals surface area contributed by atoms with Gasteiger partial charge in [-0.15, -0.1) is 0 Å². The molecule has 0 spiro atoms. The molecule has 1 atom stereocenters. The van der Waals surface area contributed by atoms with Crippen molar-refractivity contribution in [3.8, 4) is 5.75 Å². The van der Waals surface area contributed by atoms with E-state index < -0.39 is 0 Å². The quantitative estimate of drug-likeness (QED) is 0.713. The molecule has 110 valence electrons. The SMILES string of the molecule is CCOc1ccc(C(C)=O)cc1CN(C)C(C)C1CC1. The fraction of sp³-hybridized carbons (Fsp3) is 0.588. The van der Waals surface area contributed by atoms with Crippen LogP contribution in [0.25, 0.3) is 0 Å². The van der Waals surface area contributed by atoms with Crippen LogP contribution in [0.1, 0.15) is 49.5 Å². The lowest BCUT2D eigenvalue weighted by atomic mass is 10.1. The number of ether oxygens (including phenoxy) is 1. The summed E-state index contributed by atoms with van der Waals surface area (Å²) in [5.41, 5.74) is 1.87.